The van der Waals surface area contributed by atoms with Crippen LogP contribution in [0.15, 0.2) is 24.5 Å². The Bertz CT molecular complexity index is 994. The number of halogens is 2. The lowest BCUT2D eigenvalue weighted by Gasteiger charge is -2.44. The van der Waals surface area contributed by atoms with Crippen LogP contribution in [-0.4, -0.2) is 64.3 Å². The molecular weight excluding hydrogens is 402 g/mol. The Morgan fingerprint density at radius 1 is 1.29 bits per heavy atom. The second-order valence-corrected chi connectivity index (χ2v) is 8.43. The second-order valence-electron chi connectivity index (χ2n) is 8.43. The molecule has 164 valence electrons. The number of nitrogens with zero attached hydrogens (tertiary/aromatic N) is 4. The lowest BCUT2D eigenvalue weighted by Crippen LogP contribution is -2.61. The number of fused-ring (bicyclic) bond motifs is 1. The van der Waals surface area contributed by atoms with Gasteiger partial charge in [0.05, 0.1) is 23.2 Å². The fourth-order valence-electron chi connectivity index (χ4n) is 4.68. The van der Waals surface area contributed by atoms with E-state index in [0.717, 1.165) is 36.6 Å². The van der Waals surface area contributed by atoms with Gasteiger partial charge in [-0.25, -0.2) is 9.97 Å². The number of Topliss-reactive ketones (excluding diaryl/α,β-unsaturated/α-hetero) is 1. The van der Waals surface area contributed by atoms with E-state index in [9.17, 15) is 18.8 Å². The number of piperazine rings is 1. The molecule has 1 saturated heterocycles. The highest BCUT2D eigenvalue weighted by Crippen LogP contribution is 2.30. The van der Waals surface area contributed by atoms with E-state index in [4.69, 9.17) is 0 Å². The third kappa shape index (κ3) is 4.65. The van der Waals surface area contributed by atoms with Crippen molar-refractivity contribution < 1.29 is 13.6 Å². The molecule has 0 amide bonds. The minimum atomic E-state index is -3.32. The molecule has 1 saturated carbocycles. The summed E-state index contributed by atoms with van der Waals surface area (Å²) in [5.41, 5.74) is 1.32. The average Bonchev–Trinajstić information content (AvgIpc) is 2.78. The SMILES string of the molecule is CC(F)(F)C(=O)C1CNCCN1[C@H]1CC[C@H](Nc2ncnc3ccc(C#N)cc23)CC1. The second kappa shape index (κ2) is 8.81. The number of hydrogen-bond acceptors (Lipinski definition) is 7. The van der Waals surface area contributed by atoms with Crippen molar-refractivity contribution in [3.05, 3.63) is 30.1 Å². The van der Waals surface area contributed by atoms with Gasteiger partial charge in [-0.3, -0.25) is 9.69 Å². The topological polar surface area (TPSA) is 93.9 Å². The summed E-state index contributed by atoms with van der Waals surface area (Å²) in [6.07, 6.45) is 4.85. The van der Waals surface area contributed by atoms with Crippen molar-refractivity contribution in [2.45, 2.75) is 56.7 Å². The van der Waals surface area contributed by atoms with Crippen molar-refractivity contribution in [1.82, 2.24) is 20.2 Å². The predicted octanol–water partition coefficient (Wildman–Crippen LogP) is 2.72. The smallest absolute Gasteiger partial charge is 0.304 e. The van der Waals surface area contributed by atoms with Crippen LogP contribution in [0, 0.1) is 11.3 Å². The van der Waals surface area contributed by atoms with Gasteiger partial charge in [0.2, 0.25) is 5.78 Å². The summed E-state index contributed by atoms with van der Waals surface area (Å²) in [5.74, 6) is -3.62. The van der Waals surface area contributed by atoms with Gasteiger partial charge in [0.1, 0.15) is 12.1 Å². The molecule has 1 aromatic carbocycles. The molecule has 9 heteroatoms. The molecule has 0 spiro atoms. The summed E-state index contributed by atoms with van der Waals surface area (Å²) < 4.78 is 27.4. The molecular formula is C22H26F2N6O. The van der Waals surface area contributed by atoms with E-state index in [1.807, 2.05) is 11.0 Å². The number of anilines is 1. The summed E-state index contributed by atoms with van der Waals surface area (Å²) in [6, 6.07) is 6.98. The summed E-state index contributed by atoms with van der Waals surface area (Å²) in [4.78, 5) is 22.9. The van der Waals surface area contributed by atoms with Crippen LogP contribution in [0.1, 0.15) is 38.2 Å². The number of alkyl halides is 2. The molecule has 4 rings (SSSR count). The molecule has 0 bridgehead atoms. The maximum absolute atomic E-state index is 13.7. The fraction of sp³-hybridized carbons (Fsp3) is 0.545. The fourth-order valence-corrected chi connectivity index (χ4v) is 4.68. The first-order valence-corrected chi connectivity index (χ1v) is 10.7. The lowest BCUT2D eigenvalue weighted by molar-refractivity contribution is -0.148. The third-order valence-corrected chi connectivity index (χ3v) is 6.29. The third-order valence-electron chi connectivity index (χ3n) is 6.29. The quantitative estimate of drug-likeness (QED) is 0.756. The van der Waals surface area contributed by atoms with Gasteiger partial charge in [-0.1, -0.05) is 0 Å². The van der Waals surface area contributed by atoms with Gasteiger partial charge >= 0.3 is 5.92 Å². The number of ketones is 1. The summed E-state index contributed by atoms with van der Waals surface area (Å²) in [7, 11) is 0. The van der Waals surface area contributed by atoms with Crippen LogP contribution in [0.2, 0.25) is 0 Å². The number of aromatic nitrogens is 2. The molecule has 1 unspecified atom stereocenters. The van der Waals surface area contributed by atoms with Crippen LogP contribution in [-0.2, 0) is 4.79 Å². The number of carbonyl (C=O) groups excluding carboxylic acids is 1. The number of benzene rings is 1. The number of nitriles is 1. The van der Waals surface area contributed by atoms with E-state index in [1.54, 1.807) is 12.1 Å². The number of rotatable bonds is 5. The zero-order valence-electron chi connectivity index (χ0n) is 17.4. The maximum Gasteiger partial charge on any atom is 0.304 e. The Morgan fingerprint density at radius 2 is 2.06 bits per heavy atom. The summed E-state index contributed by atoms with van der Waals surface area (Å²) in [5, 5.41) is 16.5. The predicted molar refractivity (Wildman–Crippen MR) is 113 cm³/mol. The molecule has 1 atom stereocenters. The highest BCUT2D eigenvalue weighted by molar-refractivity contribution is 5.91. The maximum atomic E-state index is 13.7. The molecule has 1 aliphatic heterocycles. The molecule has 2 fully saturated rings. The molecule has 2 N–H and O–H groups in total. The van der Waals surface area contributed by atoms with Gasteiger partial charge in [0, 0.05) is 44.0 Å². The highest BCUT2D eigenvalue weighted by Gasteiger charge is 2.44. The standard InChI is InChI=1S/C22H26F2N6O/c1-22(23,24)20(31)19-12-26-8-9-30(19)16-5-3-15(4-6-16)29-21-17-10-14(11-25)2-7-18(17)27-13-28-21/h2,7,10,13,15-16,19,26H,3-6,8-9,12H2,1H3,(H,27,28,29)/t15-,16-,19?. The van der Waals surface area contributed by atoms with Crippen LogP contribution in [0.5, 0.6) is 0 Å². The molecule has 2 aliphatic rings. The Balaban J connectivity index is 1.43. The summed E-state index contributed by atoms with van der Waals surface area (Å²) in [6.45, 7) is 2.26. The number of hydrogen-bond donors (Lipinski definition) is 2. The molecule has 2 heterocycles. The lowest BCUT2D eigenvalue weighted by atomic mass is 9.88. The first-order chi connectivity index (χ1) is 14.9. The number of nitrogens with one attached hydrogen (secondary N) is 2. The first-order valence-electron chi connectivity index (χ1n) is 10.7. The molecule has 7 nitrogen and oxygen atoms in total. The minimum Gasteiger partial charge on any atom is -0.367 e. The molecule has 31 heavy (non-hydrogen) atoms. The summed E-state index contributed by atoms with van der Waals surface area (Å²) >= 11 is 0. The van der Waals surface area contributed by atoms with Gasteiger partial charge in [-0.2, -0.15) is 14.0 Å². The minimum absolute atomic E-state index is 0.115. The van der Waals surface area contributed by atoms with E-state index in [1.165, 1.54) is 6.33 Å². The molecule has 1 aromatic heterocycles. The Hall–Kier alpha value is -2.70. The van der Waals surface area contributed by atoms with Crippen molar-refractivity contribution in [3.63, 3.8) is 0 Å². The zero-order chi connectivity index (χ0) is 22.0. The Labute approximate surface area is 179 Å². The van der Waals surface area contributed by atoms with E-state index < -0.39 is 17.7 Å². The zero-order valence-corrected chi connectivity index (χ0v) is 17.4. The van der Waals surface area contributed by atoms with Gasteiger partial charge in [0.15, 0.2) is 0 Å². The molecule has 2 aromatic rings. The molecule has 1 aliphatic carbocycles. The normalized spacial score (nSPS) is 25.2. The Morgan fingerprint density at radius 3 is 2.77 bits per heavy atom. The first kappa shape index (κ1) is 21.5. The largest absolute Gasteiger partial charge is 0.367 e. The van der Waals surface area contributed by atoms with Crippen molar-refractivity contribution >= 4 is 22.5 Å². The Kier molecular flexibility index (Phi) is 6.12. The van der Waals surface area contributed by atoms with E-state index in [2.05, 4.69) is 26.7 Å². The van der Waals surface area contributed by atoms with Crippen molar-refractivity contribution in [1.29, 1.82) is 5.26 Å². The van der Waals surface area contributed by atoms with Gasteiger partial charge in [0.25, 0.3) is 0 Å². The number of carbonyl (C=O) groups is 1. The van der Waals surface area contributed by atoms with Crippen LogP contribution in [0.3, 0.4) is 0 Å². The van der Waals surface area contributed by atoms with E-state index in [0.29, 0.717) is 31.4 Å². The van der Waals surface area contributed by atoms with E-state index >= 15 is 0 Å². The molecule has 0 radical (unpaired) electrons. The van der Waals surface area contributed by atoms with Gasteiger partial charge in [-0.05, 0) is 43.9 Å². The van der Waals surface area contributed by atoms with Crippen LogP contribution in [0.25, 0.3) is 10.9 Å². The van der Waals surface area contributed by atoms with Crippen LogP contribution < -0.4 is 10.6 Å². The monoisotopic (exact) mass is 428 g/mol. The average molecular weight is 428 g/mol. The highest BCUT2D eigenvalue weighted by atomic mass is 19.3. The van der Waals surface area contributed by atoms with E-state index in [-0.39, 0.29) is 18.6 Å². The van der Waals surface area contributed by atoms with Crippen LogP contribution in [0.4, 0.5) is 14.6 Å². The van der Waals surface area contributed by atoms with Gasteiger partial charge < -0.3 is 10.6 Å². The van der Waals surface area contributed by atoms with Crippen molar-refractivity contribution in [3.8, 4) is 6.07 Å². The van der Waals surface area contributed by atoms with Crippen LogP contribution >= 0.6 is 0 Å². The van der Waals surface area contributed by atoms with Crippen molar-refractivity contribution in [2.75, 3.05) is 25.0 Å². The van der Waals surface area contributed by atoms with Gasteiger partial charge in [-0.15, -0.1) is 0 Å². The van der Waals surface area contributed by atoms with Crippen molar-refractivity contribution in [2.24, 2.45) is 0 Å².